The summed E-state index contributed by atoms with van der Waals surface area (Å²) in [5.74, 6) is -1.54. The van der Waals surface area contributed by atoms with Gasteiger partial charge in [0.1, 0.15) is 11.9 Å². The van der Waals surface area contributed by atoms with E-state index in [9.17, 15) is 14.0 Å². The van der Waals surface area contributed by atoms with Crippen molar-refractivity contribution >= 4 is 27.9 Å². The molecule has 0 aliphatic carbocycles. The Morgan fingerprint density at radius 3 is 2.67 bits per heavy atom. The van der Waals surface area contributed by atoms with E-state index in [1.165, 1.54) is 19.1 Å². The number of carboxylic acid groups (broad SMARTS) is 1. The summed E-state index contributed by atoms with van der Waals surface area (Å²) < 4.78 is 13.6. The Morgan fingerprint density at radius 1 is 1.44 bits per heavy atom. The first-order valence-corrected chi connectivity index (χ1v) is 5.90. The predicted octanol–water partition coefficient (Wildman–Crippen LogP) is 1.86. The fourth-order valence-electron chi connectivity index (χ4n) is 1.20. The van der Waals surface area contributed by atoms with Crippen LogP contribution in [0.4, 0.5) is 9.18 Å². The summed E-state index contributed by atoms with van der Waals surface area (Å²) in [5, 5.41) is 13.3. The lowest BCUT2D eigenvalue weighted by molar-refractivity contribution is -0.138. The van der Waals surface area contributed by atoms with Gasteiger partial charge in [-0.25, -0.2) is 9.18 Å². The zero-order chi connectivity index (χ0) is 13.7. The van der Waals surface area contributed by atoms with Crippen LogP contribution in [0.2, 0.25) is 0 Å². The minimum atomic E-state index is -1.13. The topological polar surface area (TPSA) is 78.4 Å². The van der Waals surface area contributed by atoms with Crippen LogP contribution in [0.5, 0.6) is 0 Å². The van der Waals surface area contributed by atoms with E-state index >= 15 is 0 Å². The second-order valence-electron chi connectivity index (χ2n) is 3.66. The maximum atomic E-state index is 13.0. The molecule has 0 aliphatic rings. The molecule has 0 spiro atoms. The van der Waals surface area contributed by atoms with Crippen molar-refractivity contribution in [3.63, 3.8) is 0 Å². The summed E-state index contributed by atoms with van der Waals surface area (Å²) in [6, 6.07) is 2.64. The molecule has 18 heavy (non-hydrogen) atoms. The van der Waals surface area contributed by atoms with Gasteiger partial charge in [-0.3, -0.25) is 4.79 Å². The molecule has 0 fully saturated rings. The van der Waals surface area contributed by atoms with E-state index in [1.54, 1.807) is 6.07 Å². The molecule has 5 nitrogen and oxygen atoms in total. The Morgan fingerprint density at radius 2 is 2.11 bits per heavy atom. The van der Waals surface area contributed by atoms with Gasteiger partial charge in [0.15, 0.2) is 0 Å². The van der Waals surface area contributed by atoms with Crippen LogP contribution in [-0.4, -0.2) is 23.1 Å². The normalized spacial score (nSPS) is 11.7. The van der Waals surface area contributed by atoms with Crippen LogP contribution >= 0.6 is 15.9 Å². The lowest BCUT2D eigenvalue weighted by Gasteiger charge is -2.11. The number of hydrogen-bond acceptors (Lipinski definition) is 2. The molecular weight excluding hydrogens is 307 g/mol. The van der Waals surface area contributed by atoms with Crippen molar-refractivity contribution in [1.82, 2.24) is 10.6 Å². The van der Waals surface area contributed by atoms with Crippen LogP contribution in [0.25, 0.3) is 0 Å². The van der Waals surface area contributed by atoms with Gasteiger partial charge in [0, 0.05) is 11.0 Å². The molecule has 0 aliphatic heterocycles. The van der Waals surface area contributed by atoms with Crippen molar-refractivity contribution in [2.75, 3.05) is 0 Å². The van der Waals surface area contributed by atoms with E-state index in [1.807, 2.05) is 0 Å². The summed E-state index contributed by atoms with van der Waals surface area (Å²) in [7, 11) is 0. The molecule has 0 saturated heterocycles. The first-order valence-electron chi connectivity index (χ1n) is 5.10. The molecule has 3 N–H and O–H groups in total. The van der Waals surface area contributed by atoms with Gasteiger partial charge in [0.05, 0.1) is 0 Å². The third kappa shape index (κ3) is 4.70. The van der Waals surface area contributed by atoms with Crippen molar-refractivity contribution in [2.24, 2.45) is 0 Å². The molecular formula is C11H12BrFN2O3. The van der Waals surface area contributed by atoms with E-state index < -0.39 is 23.9 Å². The second-order valence-corrected chi connectivity index (χ2v) is 4.58. The third-order valence-electron chi connectivity index (χ3n) is 2.09. The Balaban J connectivity index is 2.50. The first-order chi connectivity index (χ1) is 8.38. The Kier molecular flexibility index (Phi) is 5.08. The molecule has 1 rings (SSSR count). The number of hydrogen-bond donors (Lipinski definition) is 3. The number of benzene rings is 1. The monoisotopic (exact) mass is 318 g/mol. The standard InChI is InChI=1S/C11H12BrFN2O3/c1-6(10(16)17)15-11(18)14-5-7-2-8(12)4-9(13)3-7/h2-4,6H,5H2,1H3,(H,16,17)(H2,14,15,18). The molecule has 0 saturated carbocycles. The largest absolute Gasteiger partial charge is 0.480 e. The van der Waals surface area contributed by atoms with E-state index in [-0.39, 0.29) is 6.54 Å². The summed E-state index contributed by atoms with van der Waals surface area (Å²) in [6.07, 6.45) is 0. The van der Waals surface area contributed by atoms with Crippen LogP contribution in [-0.2, 0) is 11.3 Å². The van der Waals surface area contributed by atoms with Crippen molar-refractivity contribution in [3.8, 4) is 0 Å². The maximum absolute atomic E-state index is 13.0. The Bertz CT molecular complexity index is 447. The van der Waals surface area contributed by atoms with Crippen molar-refractivity contribution in [1.29, 1.82) is 0 Å². The first kappa shape index (κ1) is 14.4. The molecule has 7 heteroatoms. The summed E-state index contributed by atoms with van der Waals surface area (Å²) in [4.78, 5) is 21.8. The highest BCUT2D eigenvalue weighted by atomic mass is 79.9. The quantitative estimate of drug-likeness (QED) is 0.793. The maximum Gasteiger partial charge on any atom is 0.325 e. The van der Waals surface area contributed by atoms with Crippen LogP contribution in [0.15, 0.2) is 22.7 Å². The molecule has 0 aromatic heterocycles. The minimum Gasteiger partial charge on any atom is -0.480 e. The number of rotatable bonds is 4. The number of carboxylic acids is 1. The lowest BCUT2D eigenvalue weighted by atomic mass is 10.2. The summed E-state index contributed by atoms with van der Waals surface area (Å²) in [6.45, 7) is 1.45. The predicted molar refractivity (Wildman–Crippen MR) is 66.6 cm³/mol. The molecule has 2 amide bonds. The summed E-state index contributed by atoms with van der Waals surface area (Å²) >= 11 is 3.13. The van der Waals surface area contributed by atoms with E-state index in [0.29, 0.717) is 10.0 Å². The summed E-state index contributed by atoms with van der Waals surface area (Å²) in [5.41, 5.74) is 0.569. The van der Waals surface area contributed by atoms with Gasteiger partial charge in [0.25, 0.3) is 0 Å². The van der Waals surface area contributed by atoms with E-state index in [2.05, 4.69) is 26.6 Å². The number of urea groups is 1. The molecule has 1 unspecified atom stereocenters. The van der Waals surface area contributed by atoms with Crippen molar-refractivity contribution < 1.29 is 19.1 Å². The number of amides is 2. The zero-order valence-corrected chi connectivity index (χ0v) is 11.1. The molecule has 1 atom stereocenters. The number of carbonyl (C=O) groups excluding carboxylic acids is 1. The molecule has 1 aromatic rings. The van der Waals surface area contributed by atoms with Crippen molar-refractivity contribution in [3.05, 3.63) is 34.1 Å². The molecule has 0 radical (unpaired) electrons. The lowest BCUT2D eigenvalue weighted by Crippen LogP contribution is -2.44. The molecule has 1 aromatic carbocycles. The fourth-order valence-corrected chi connectivity index (χ4v) is 1.72. The SMILES string of the molecule is CC(NC(=O)NCc1cc(F)cc(Br)c1)C(=O)O. The Hall–Kier alpha value is -1.63. The van der Waals surface area contributed by atoms with Gasteiger partial charge in [-0.1, -0.05) is 15.9 Å². The molecule has 98 valence electrons. The highest BCUT2D eigenvalue weighted by Crippen LogP contribution is 2.14. The van der Waals surface area contributed by atoms with Gasteiger partial charge in [-0.2, -0.15) is 0 Å². The van der Waals surface area contributed by atoms with Crippen LogP contribution in [0, 0.1) is 5.82 Å². The highest BCUT2D eigenvalue weighted by Gasteiger charge is 2.13. The van der Waals surface area contributed by atoms with Crippen LogP contribution in [0.3, 0.4) is 0 Å². The van der Waals surface area contributed by atoms with E-state index in [0.717, 1.165) is 0 Å². The van der Waals surface area contributed by atoms with Gasteiger partial charge in [0.2, 0.25) is 0 Å². The number of aliphatic carboxylic acids is 1. The number of carbonyl (C=O) groups is 2. The third-order valence-corrected chi connectivity index (χ3v) is 2.55. The van der Waals surface area contributed by atoms with Gasteiger partial charge >= 0.3 is 12.0 Å². The van der Waals surface area contributed by atoms with Gasteiger partial charge in [-0.05, 0) is 30.7 Å². The van der Waals surface area contributed by atoms with Crippen LogP contribution < -0.4 is 10.6 Å². The highest BCUT2D eigenvalue weighted by molar-refractivity contribution is 9.10. The average molecular weight is 319 g/mol. The van der Waals surface area contributed by atoms with Crippen molar-refractivity contribution in [2.45, 2.75) is 19.5 Å². The number of nitrogens with one attached hydrogen (secondary N) is 2. The minimum absolute atomic E-state index is 0.106. The average Bonchev–Trinajstić information content (AvgIpc) is 2.25. The fraction of sp³-hybridized carbons (Fsp3) is 0.273. The molecule has 0 heterocycles. The van der Waals surface area contributed by atoms with Gasteiger partial charge < -0.3 is 15.7 Å². The smallest absolute Gasteiger partial charge is 0.325 e. The second kappa shape index (κ2) is 6.34. The number of halogens is 2. The Labute approximate surface area is 112 Å². The zero-order valence-electron chi connectivity index (χ0n) is 9.54. The molecule has 0 bridgehead atoms. The van der Waals surface area contributed by atoms with Crippen LogP contribution in [0.1, 0.15) is 12.5 Å². The van der Waals surface area contributed by atoms with Gasteiger partial charge in [-0.15, -0.1) is 0 Å². The van der Waals surface area contributed by atoms with E-state index in [4.69, 9.17) is 5.11 Å².